The summed E-state index contributed by atoms with van der Waals surface area (Å²) in [7, 11) is 0. The van der Waals surface area contributed by atoms with Gasteiger partial charge in [-0.25, -0.2) is 4.98 Å². The van der Waals surface area contributed by atoms with Crippen LogP contribution in [0.5, 0.6) is 0 Å². The van der Waals surface area contributed by atoms with Gasteiger partial charge in [-0.3, -0.25) is 0 Å². The zero-order valence-electron chi connectivity index (χ0n) is 8.49. The third kappa shape index (κ3) is 1.22. The van der Waals surface area contributed by atoms with Crippen molar-refractivity contribution in [3.63, 3.8) is 0 Å². The van der Waals surface area contributed by atoms with Crippen LogP contribution in [0, 0.1) is 5.92 Å². The fourth-order valence-corrected chi connectivity index (χ4v) is 3.30. The monoisotopic (exact) mass is 208 g/mol. The average molecular weight is 208 g/mol. The molecule has 2 atom stereocenters. The van der Waals surface area contributed by atoms with Gasteiger partial charge in [0.2, 0.25) is 0 Å². The van der Waals surface area contributed by atoms with Crippen molar-refractivity contribution in [1.29, 1.82) is 0 Å². The third-order valence-electron chi connectivity index (χ3n) is 3.67. The molecule has 0 radical (unpaired) electrons. The number of nitrogens with zero attached hydrogens (tertiary/aromatic N) is 1. The van der Waals surface area contributed by atoms with Crippen LogP contribution in [0.2, 0.25) is 0 Å². The molecule has 0 spiro atoms. The predicted molar refractivity (Wildman–Crippen MR) is 58.3 cm³/mol. The second-order valence-electron chi connectivity index (χ2n) is 4.67. The maximum absolute atomic E-state index is 4.50. The van der Waals surface area contributed by atoms with Crippen LogP contribution >= 0.6 is 11.3 Å². The molecule has 0 saturated heterocycles. The first-order valence-corrected chi connectivity index (χ1v) is 6.37. The minimum atomic E-state index is 0.245. The van der Waals surface area contributed by atoms with Gasteiger partial charge in [-0.05, 0) is 31.6 Å². The Hall–Kier alpha value is -0.410. The van der Waals surface area contributed by atoms with Gasteiger partial charge in [0.15, 0.2) is 0 Å². The molecule has 1 aromatic heterocycles. The third-order valence-corrected chi connectivity index (χ3v) is 4.62. The topological polar surface area (TPSA) is 24.9 Å². The summed E-state index contributed by atoms with van der Waals surface area (Å²) in [6.45, 7) is 2.35. The van der Waals surface area contributed by atoms with E-state index >= 15 is 0 Å². The van der Waals surface area contributed by atoms with Crippen molar-refractivity contribution in [2.24, 2.45) is 5.92 Å². The van der Waals surface area contributed by atoms with Crippen molar-refractivity contribution in [3.05, 3.63) is 16.6 Å². The van der Waals surface area contributed by atoms with Crippen molar-refractivity contribution >= 4 is 11.3 Å². The molecule has 1 N–H and O–H groups in total. The van der Waals surface area contributed by atoms with Crippen LogP contribution in [0.1, 0.15) is 37.6 Å². The number of hydrogen-bond acceptors (Lipinski definition) is 3. The lowest BCUT2D eigenvalue weighted by Gasteiger charge is -2.47. The molecular weight excluding hydrogens is 192 g/mol. The summed E-state index contributed by atoms with van der Waals surface area (Å²) in [6, 6.07) is 0.779. The van der Waals surface area contributed by atoms with Crippen molar-refractivity contribution in [2.75, 3.05) is 0 Å². The van der Waals surface area contributed by atoms with Crippen molar-refractivity contribution in [1.82, 2.24) is 10.3 Å². The van der Waals surface area contributed by atoms with Gasteiger partial charge in [-0.1, -0.05) is 6.92 Å². The summed E-state index contributed by atoms with van der Waals surface area (Å²) in [5.74, 6) is 0.759. The van der Waals surface area contributed by atoms with Gasteiger partial charge in [-0.2, -0.15) is 0 Å². The van der Waals surface area contributed by atoms with Crippen LogP contribution in [-0.4, -0.2) is 11.0 Å². The standard InChI is InChI=1S/C11H16N2S/c1-8-4-5-11(8,13-9-2-3-9)10-12-6-7-14-10/h6-9,13H,2-5H2,1H3. The normalized spacial score (nSPS) is 36.8. The van der Waals surface area contributed by atoms with E-state index in [1.165, 1.54) is 30.7 Å². The number of nitrogens with one attached hydrogen (secondary N) is 1. The quantitative estimate of drug-likeness (QED) is 0.825. The molecule has 14 heavy (non-hydrogen) atoms. The average Bonchev–Trinajstić information content (AvgIpc) is 2.84. The van der Waals surface area contributed by atoms with E-state index in [9.17, 15) is 0 Å². The molecule has 1 aromatic rings. The number of thiazole rings is 1. The van der Waals surface area contributed by atoms with Gasteiger partial charge in [0.05, 0.1) is 5.54 Å². The highest BCUT2D eigenvalue weighted by atomic mass is 32.1. The van der Waals surface area contributed by atoms with Gasteiger partial charge in [-0.15, -0.1) is 11.3 Å². The minimum Gasteiger partial charge on any atom is -0.302 e. The summed E-state index contributed by atoms with van der Waals surface area (Å²) >= 11 is 1.81. The lowest BCUT2D eigenvalue weighted by Crippen LogP contribution is -2.55. The molecule has 2 nitrogen and oxygen atoms in total. The Morgan fingerprint density at radius 3 is 2.79 bits per heavy atom. The lowest BCUT2D eigenvalue weighted by molar-refractivity contribution is 0.0920. The molecule has 2 saturated carbocycles. The first kappa shape index (κ1) is 8.86. The molecule has 0 aromatic carbocycles. The van der Waals surface area contributed by atoms with Crippen LogP contribution in [-0.2, 0) is 5.54 Å². The summed E-state index contributed by atoms with van der Waals surface area (Å²) in [6.07, 6.45) is 7.28. The number of rotatable bonds is 3. The van der Waals surface area contributed by atoms with Gasteiger partial charge >= 0.3 is 0 Å². The number of aromatic nitrogens is 1. The zero-order chi connectivity index (χ0) is 9.60. The van der Waals surface area contributed by atoms with Crippen LogP contribution in [0.4, 0.5) is 0 Å². The molecular formula is C11H16N2S. The Bertz CT molecular complexity index is 318. The fraction of sp³-hybridized carbons (Fsp3) is 0.727. The Labute approximate surface area is 88.7 Å². The highest BCUT2D eigenvalue weighted by molar-refractivity contribution is 7.09. The highest BCUT2D eigenvalue weighted by Crippen LogP contribution is 2.48. The SMILES string of the molecule is CC1CCC1(NC1CC1)c1nccs1. The first-order valence-electron chi connectivity index (χ1n) is 5.49. The van der Waals surface area contributed by atoms with E-state index in [0.717, 1.165) is 12.0 Å². The zero-order valence-corrected chi connectivity index (χ0v) is 9.31. The van der Waals surface area contributed by atoms with Crippen molar-refractivity contribution in [3.8, 4) is 0 Å². The van der Waals surface area contributed by atoms with Gasteiger partial charge < -0.3 is 5.32 Å². The molecule has 2 unspecified atom stereocenters. The van der Waals surface area contributed by atoms with Crippen molar-refractivity contribution in [2.45, 2.75) is 44.2 Å². The van der Waals surface area contributed by atoms with Crippen LogP contribution < -0.4 is 5.32 Å². The molecule has 0 aliphatic heterocycles. The van der Waals surface area contributed by atoms with E-state index < -0.39 is 0 Å². The largest absolute Gasteiger partial charge is 0.302 e. The minimum absolute atomic E-state index is 0.245. The van der Waals surface area contributed by atoms with Crippen LogP contribution in [0.15, 0.2) is 11.6 Å². The molecule has 1 heterocycles. The highest BCUT2D eigenvalue weighted by Gasteiger charge is 2.49. The molecule has 0 amide bonds. The smallest absolute Gasteiger partial charge is 0.113 e. The number of hydrogen-bond donors (Lipinski definition) is 1. The van der Waals surface area contributed by atoms with E-state index in [-0.39, 0.29) is 5.54 Å². The molecule has 2 fully saturated rings. The Morgan fingerprint density at radius 2 is 2.36 bits per heavy atom. The molecule has 3 heteroatoms. The molecule has 3 rings (SSSR count). The Morgan fingerprint density at radius 1 is 1.50 bits per heavy atom. The fourth-order valence-electron chi connectivity index (χ4n) is 2.35. The second-order valence-corrected chi connectivity index (χ2v) is 5.56. The van der Waals surface area contributed by atoms with E-state index in [4.69, 9.17) is 0 Å². The van der Waals surface area contributed by atoms with E-state index in [1.54, 1.807) is 11.3 Å². The Kier molecular flexibility index (Phi) is 1.92. The van der Waals surface area contributed by atoms with E-state index in [2.05, 4.69) is 22.6 Å². The van der Waals surface area contributed by atoms with Gasteiger partial charge in [0, 0.05) is 17.6 Å². The molecule has 76 valence electrons. The first-order chi connectivity index (χ1) is 6.81. The van der Waals surface area contributed by atoms with Gasteiger partial charge in [0.25, 0.3) is 0 Å². The molecule has 2 aliphatic carbocycles. The van der Waals surface area contributed by atoms with Crippen LogP contribution in [0.3, 0.4) is 0 Å². The summed E-state index contributed by atoms with van der Waals surface area (Å²) in [5.41, 5.74) is 0.245. The van der Waals surface area contributed by atoms with Crippen molar-refractivity contribution < 1.29 is 0 Å². The maximum atomic E-state index is 4.50. The summed E-state index contributed by atoms with van der Waals surface area (Å²) in [5, 5.41) is 7.21. The summed E-state index contributed by atoms with van der Waals surface area (Å²) < 4.78 is 0. The molecule has 2 aliphatic rings. The lowest BCUT2D eigenvalue weighted by atomic mass is 9.67. The second kappa shape index (κ2) is 3.04. The van der Waals surface area contributed by atoms with E-state index in [1.807, 2.05) is 6.20 Å². The Balaban J connectivity index is 1.87. The predicted octanol–water partition coefficient (Wildman–Crippen LogP) is 2.52. The van der Waals surface area contributed by atoms with Gasteiger partial charge in [0.1, 0.15) is 5.01 Å². The van der Waals surface area contributed by atoms with Crippen LogP contribution in [0.25, 0.3) is 0 Å². The summed E-state index contributed by atoms with van der Waals surface area (Å²) in [4.78, 5) is 4.50. The maximum Gasteiger partial charge on any atom is 0.113 e. The van der Waals surface area contributed by atoms with E-state index in [0.29, 0.717) is 0 Å². The molecule has 0 bridgehead atoms.